The molecule has 2 nitrogen and oxygen atoms in total. The van der Waals surface area contributed by atoms with Crippen molar-refractivity contribution in [2.45, 2.75) is 78.6 Å². The number of unbranched alkanes of at least 4 members (excludes halogenated alkanes) is 1. The van der Waals surface area contributed by atoms with Crippen molar-refractivity contribution in [1.29, 1.82) is 0 Å². The van der Waals surface area contributed by atoms with Gasteiger partial charge in [0.25, 0.3) is 0 Å². The van der Waals surface area contributed by atoms with Crippen LogP contribution in [0.25, 0.3) is 0 Å². The van der Waals surface area contributed by atoms with E-state index in [1.54, 1.807) is 16.7 Å². The van der Waals surface area contributed by atoms with E-state index in [9.17, 15) is 0 Å². The molecule has 1 fully saturated rings. The van der Waals surface area contributed by atoms with Gasteiger partial charge in [0.1, 0.15) is 0 Å². The van der Waals surface area contributed by atoms with Crippen LogP contribution < -0.4 is 5.73 Å². The summed E-state index contributed by atoms with van der Waals surface area (Å²) in [6.07, 6.45) is 11.7. The Labute approximate surface area is 200 Å². The van der Waals surface area contributed by atoms with Gasteiger partial charge in [-0.2, -0.15) is 0 Å². The van der Waals surface area contributed by atoms with Crippen LogP contribution >= 0.6 is 19.8 Å². The Hall–Kier alpha value is -0.650. The average Bonchev–Trinajstić information content (AvgIpc) is 2.75. The Balaban J connectivity index is 1.85. The van der Waals surface area contributed by atoms with Crippen LogP contribution in [0.15, 0.2) is 44.6 Å². The second-order valence-corrected chi connectivity index (χ2v) is 15.1. The third-order valence-electron chi connectivity index (χ3n) is 6.48. The van der Waals surface area contributed by atoms with Gasteiger partial charge in [-0.05, 0) is 6.92 Å². The molecule has 0 spiro atoms. The summed E-state index contributed by atoms with van der Waals surface area (Å²) in [7, 11) is 0. The number of hydrogen-bond donors (Lipinski definition) is 1. The minimum absolute atomic E-state index is 0.772. The molecule has 0 atom stereocenters. The summed E-state index contributed by atoms with van der Waals surface area (Å²) in [5, 5.41) is 0. The third kappa shape index (κ3) is 9.39. The predicted molar refractivity (Wildman–Crippen MR) is 149 cm³/mol. The molecule has 1 aromatic carbocycles. The van der Waals surface area contributed by atoms with Crippen molar-refractivity contribution < 1.29 is 0 Å². The van der Waals surface area contributed by atoms with E-state index < -0.39 is 19.8 Å². The van der Waals surface area contributed by atoms with Crippen LogP contribution in [0.5, 0.6) is 0 Å². The van der Waals surface area contributed by atoms with E-state index in [-0.39, 0.29) is 0 Å². The summed E-state index contributed by atoms with van der Waals surface area (Å²) < 4.78 is 1.88. The van der Waals surface area contributed by atoms with Crippen LogP contribution in [0, 0.1) is 6.92 Å². The summed E-state index contributed by atoms with van der Waals surface area (Å²) in [6.45, 7) is 11.0. The van der Waals surface area contributed by atoms with Gasteiger partial charge in [-0.25, -0.2) is 0 Å². The zero-order valence-electron chi connectivity index (χ0n) is 20.9. The van der Waals surface area contributed by atoms with Gasteiger partial charge in [0.15, 0.2) is 0 Å². The van der Waals surface area contributed by atoms with Crippen LogP contribution in [0.1, 0.15) is 76.3 Å². The molecule has 1 saturated carbocycles. The van der Waals surface area contributed by atoms with Crippen molar-refractivity contribution in [2.24, 2.45) is 5.73 Å². The first kappa shape index (κ1) is 26.6. The van der Waals surface area contributed by atoms with Crippen LogP contribution in [0.4, 0.5) is 0 Å². The molecule has 0 bridgehead atoms. The number of aryl methyl sites for hydroxylation is 2. The van der Waals surface area contributed by atoms with Crippen LogP contribution in [-0.4, -0.2) is 40.9 Å². The van der Waals surface area contributed by atoms with E-state index in [1.165, 1.54) is 82.0 Å². The second-order valence-electron chi connectivity index (χ2n) is 9.50. The molecular weight excluding hydrogens is 491 g/mol. The van der Waals surface area contributed by atoms with E-state index >= 15 is 0 Å². The Kier molecular flexibility index (Phi) is 12.4. The van der Waals surface area contributed by atoms with Gasteiger partial charge in [-0.15, -0.1) is 0 Å². The molecule has 0 radical (unpaired) electrons. The van der Waals surface area contributed by atoms with E-state index in [1.807, 2.05) is 3.58 Å². The number of nitrogens with two attached hydrogens (primary N) is 1. The molecule has 0 amide bonds. The third-order valence-corrected chi connectivity index (χ3v) is 10.3. The SMILES string of the molecule is CC(C)=C1CCCC/C1=C(\CCCN(CCN)CCCCc1ccc(C)cc1)I(C)C. The minimum atomic E-state index is -0.965. The summed E-state index contributed by atoms with van der Waals surface area (Å²) in [4.78, 5) is 7.71. The van der Waals surface area contributed by atoms with E-state index in [0.717, 1.165) is 13.1 Å². The molecule has 0 unspecified atom stereocenters. The van der Waals surface area contributed by atoms with Gasteiger partial charge >= 0.3 is 188 Å². The number of rotatable bonds is 12. The van der Waals surface area contributed by atoms with Crippen molar-refractivity contribution in [3.63, 3.8) is 0 Å². The Morgan fingerprint density at radius 1 is 0.903 bits per heavy atom. The van der Waals surface area contributed by atoms with Crippen molar-refractivity contribution >= 4 is 19.8 Å². The Morgan fingerprint density at radius 2 is 1.55 bits per heavy atom. The van der Waals surface area contributed by atoms with Gasteiger partial charge in [0, 0.05) is 0 Å². The van der Waals surface area contributed by atoms with Crippen LogP contribution in [0.2, 0.25) is 0 Å². The van der Waals surface area contributed by atoms with Crippen molar-refractivity contribution in [2.75, 3.05) is 36.0 Å². The molecule has 31 heavy (non-hydrogen) atoms. The van der Waals surface area contributed by atoms with Gasteiger partial charge in [0.05, 0.1) is 0 Å². The Bertz CT molecular complexity index is 711. The van der Waals surface area contributed by atoms with E-state index in [2.05, 4.69) is 59.8 Å². The average molecular weight is 539 g/mol. The molecule has 176 valence electrons. The number of nitrogens with zero attached hydrogens (tertiary/aromatic N) is 1. The second kappa shape index (κ2) is 14.5. The maximum atomic E-state index is 5.94. The monoisotopic (exact) mass is 538 g/mol. The summed E-state index contributed by atoms with van der Waals surface area (Å²) >= 11 is -0.965. The quantitative estimate of drug-likeness (QED) is 0.172. The van der Waals surface area contributed by atoms with E-state index in [0.29, 0.717) is 0 Å². The van der Waals surface area contributed by atoms with Crippen LogP contribution in [0.3, 0.4) is 0 Å². The number of allylic oxidation sites excluding steroid dienone is 4. The van der Waals surface area contributed by atoms with Crippen molar-refractivity contribution in [1.82, 2.24) is 4.90 Å². The topological polar surface area (TPSA) is 29.3 Å². The number of halogens is 1. The molecule has 2 N–H and O–H groups in total. The van der Waals surface area contributed by atoms with Gasteiger partial charge < -0.3 is 0 Å². The summed E-state index contributed by atoms with van der Waals surface area (Å²) in [6, 6.07) is 9.02. The standard InChI is InChI=1S/C28H47IN2/c1-23(2)26-12-6-7-13-27(26)28(29(4)5)14-10-21-31(22-19-30)20-9-8-11-25-17-15-24(3)16-18-25/h15-18H,6-14,19-22,30H2,1-5H3/b28-27-. The molecule has 0 heterocycles. The number of benzene rings is 1. The molecule has 2 rings (SSSR count). The molecule has 1 aliphatic carbocycles. The molecule has 0 saturated heterocycles. The first-order chi connectivity index (χ1) is 14.9. The van der Waals surface area contributed by atoms with Crippen LogP contribution in [-0.2, 0) is 6.42 Å². The van der Waals surface area contributed by atoms with Gasteiger partial charge in [-0.1, -0.05) is 5.56 Å². The molecule has 1 aromatic rings. The van der Waals surface area contributed by atoms with Gasteiger partial charge in [-0.3, -0.25) is 0 Å². The van der Waals surface area contributed by atoms with Crippen molar-refractivity contribution in [3.8, 4) is 0 Å². The predicted octanol–water partition coefficient (Wildman–Crippen LogP) is 7.29. The Morgan fingerprint density at radius 3 is 2.16 bits per heavy atom. The number of hydrogen-bond acceptors (Lipinski definition) is 2. The van der Waals surface area contributed by atoms with E-state index in [4.69, 9.17) is 5.73 Å². The first-order valence-electron chi connectivity index (χ1n) is 12.3. The fourth-order valence-corrected chi connectivity index (χ4v) is 8.08. The molecule has 0 aromatic heterocycles. The van der Waals surface area contributed by atoms with Gasteiger partial charge in [0.2, 0.25) is 0 Å². The van der Waals surface area contributed by atoms with Crippen molar-refractivity contribution in [3.05, 3.63) is 55.7 Å². The maximum absolute atomic E-state index is 5.94. The molecular formula is C28H47IN2. The fraction of sp³-hybridized carbons (Fsp3) is 0.643. The zero-order chi connectivity index (χ0) is 22.6. The normalized spacial score (nSPS) is 16.6. The zero-order valence-corrected chi connectivity index (χ0v) is 23.1. The molecule has 0 aliphatic heterocycles. The summed E-state index contributed by atoms with van der Waals surface area (Å²) in [5.41, 5.74) is 13.8. The number of alkyl halides is 2. The molecule has 3 heteroatoms. The first-order valence-corrected chi connectivity index (χ1v) is 17.7. The molecule has 1 aliphatic rings. The summed E-state index contributed by atoms with van der Waals surface area (Å²) in [5.74, 6) is 0. The fourth-order valence-electron chi connectivity index (χ4n) is 4.72.